The van der Waals surface area contributed by atoms with Gasteiger partial charge in [-0.3, -0.25) is 10.1 Å². The third-order valence-electron chi connectivity index (χ3n) is 3.16. The summed E-state index contributed by atoms with van der Waals surface area (Å²) in [5.74, 6) is -0.504. The summed E-state index contributed by atoms with van der Waals surface area (Å²) in [5.41, 5.74) is -0.517. The molecule has 0 radical (unpaired) electrons. The summed E-state index contributed by atoms with van der Waals surface area (Å²) in [6.45, 7) is 5.63. The Morgan fingerprint density at radius 2 is 1.90 bits per heavy atom. The highest BCUT2D eigenvalue weighted by Crippen LogP contribution is 2.30. The molecule has 0 aliphatic carbocycles. The SMILES string of the molecule is CC(C)(C)C(COc1ccccc1[N+](=O)[O-])CS(N)(=O)=O. The van der Waals surface area contributed by atoms with Crippen LogP contribution in [0, 0.1) is 21.4 Å². The van der Waals surface area contributed by atoms with Crippen LogP contribution in [-0.2, 0) is 10.0 Å². The van der Waals surface area contributed by atoms with E-state index in [1.807, 2.05) is 20.8 Å². The van der Waals surface area contributed by atoms with Crippen molar-refractivity contribution in [2.45, 2.75) is 20.8 Å². The van der Waals surface area contributed by atoms with Gasteiger partial charge in [-0.1, -0.05) is 32.9 Å². The second kappa shape index (κ2) is 6.40. The quantitative estimate of drug-likeness (QED) is 0.636. The average molecular weight is 316 g/mol. The third-order valence-corrected chi connectivity index (χ3v) is 4.03. The Morgan fingerprint density at radius 1 is 1.33 bits per heavy atom. The van der Waals surface area contributed by atoms with E-state index in [0.29, 0.717) is 0 Å². The van der Waals surface area contributed by atoms with Crippen LogP contribution in [0.25, 0.3) is 0 Å². The first kappa shape index (κ1) is 17.4. The van der Waals surface area contributed by atoms with Gasteiger partial charge in [0.2, 0.25) is 10.0 Å². The fourth-order valence-corrected chi connectivity index (χ4v) is 2.91. The van der Waals surface area contributed by atoms with E-state index in [0.717, 1.165) is 0 Å². The topological polar surface area (TPSA) is 113 Å². The van der Waals surface area contributed by atoms with Crippen molar-refractivity contribution in [2.24, 2.45) is 16.5 Å². The number of benzene rings is 1. The number of para-hydroxylation sites is 2. The molecule has 7 nitrogen and oxygen atoms in total. The van der Waals surface area contributed by atoms with Crippen LogP contribution in [0.3, 0.4) is 0 Å². The standard InChI is InChI=1S/C13H20N2O5S/c1-13(2,3)10(9-21(14,18)19)8-20-12-7-5-4-6-11(12)15(16)17/h4-7,10H,8-9H2,1-3H3,(H2,14,18,19). The molecular weight excluding hydrogens is 296 g/mol. The van der Waals surface area contributed by atoms with Crippen LogP contribution >= 0.6 is 0 Å². The van der Waals surface area contributed by atoms with Crippen LogP contribution in [-0.4, -0.2) is 25.7 Å². The van der Waals surface area contributed by atoms with Crippen molar-refractivity contribution >= 4 is 15.7 Å². The summed E-state index contributed by atoms with van der Waals surface area (Å²) in [6.07, 6.45) is 0. The molecule has 21 heavy (non-hydrogen) atoms. The molecule has 1 aromatic carbocycles. The molecule has 0 saturated heterocycles. The van der Waals surface area contributed by atoms with Crippen LogP contribution in [0.1, 0.15) is 20.8 Å². The molecule has 118 valence electrons. The Morgan fingerprint density at radius 3 is 2.38 bits per heavy atom. The number of nitrogens with two attached hydrogens (primary N) is 1. The van der Waals surface area contributed by atoms with Gasteiger partial charge in [-0.15, -0.1) is 0 Å². The monoisotopic (exact) mass is 316 g/mol. The maximum absolute atomic E-state index is 11.3. The Labute approximate surface area is 124 Å². The summed E-state index contributed by atoms with van der Waals surface area (Å²) in [7, 11) is -3.65. The predicted molar refractivity (Wildman–Crippen MR) is 79.5 cm³/mol. The van der Waals surface area contributed by atoms with Crippen LogP contribution in [0.15, 0.2) is 24.3 Å². The summed E-state index contributed by atoms with van der Waals surface area (Å²) in [4.78, 5) is 10.4. The number of hydrogen-bond donors (Lipinski definition) is 1. The highest BCUT2D eigenvalue weighted by atomic mass is 32.2. The molecule has 0 saturated carbocycles. The molecule has 1 atom stereocenters. The van der Waals surface area contributed by atoms with Crippen molar-refractivity contribution in [2.75, 3.05) is 12.4 Å². The number of hydrogen-bond acceptors (Lipinski definition) is 5. The minimum Gasteiger partial charge on any atom is -0.486 e. The molecule has 0 aliphatic heterocycles. The summed E-state index contributed by atoms with van der Waals surface area (Å²) in [6, 6.07) is 5.97. The van der Waals surface area contributed by atoms with Crippen molar-refractivity contribution in [3.05, 3.63) is 34.4 Å². The lowest BCUT2D eigenvalue weighted by Crippen LogP contribution is -2.35. The van der Waals surface area contributed by atoms with Gasteiger partial charge in [0.15, 0.2) is 5.75 Å². The van der Waals surface area contributed by atoms with Crippen LogP contribution in [0.2, 0.25) is 0 Å². The number of sulfonamides is 1. The smallest absolute Gasteiger partial charge is 0.310 e. The molecule has 8 heteroatoms. The van der Waals surface area contributed by atoms with Crippen molar-refractivity contribution in [3.63, 3.8) is 0 Å². The van der Waals surface area contributed by atoms with Gasteiger partial charge in [0.25, 0.3) is 0 Å². The molecule has 0 spiro atoms. The zero-order valence-corrected chi connectivity index (χ0v) is 13.1. The van der Waals surface area contributed by atoms with E-state index in [4.69, 9.17) is 9.88 Å². The van der Waals surface area contributed by atoms with E-state index in [1.54, 1.807) is 6.07 Å². The molecule has 0 fully saturated rings. The van der Waals surface area contributed by atoms with E-state index in [2.05, 4.69) is 0 Å². The molecule has 0 bridgehead atoms. The van der Waals surface area contributed by atoms with Crippen molar-refractivity contribution < 1.29 is 18.1 Å². The Balaban J connectivity index is 2.90. The van der Waals surface area contributed by atoms with E-state index < -0.39 is 14.9 Å². The van der Waals surface area contributed by atoms with Crippen molar-refractivity contribution in [1.29, 1.82) is 0 Å². The van der Waals surface area contributed by atoms with Gasteiger partial charge < -0.3 is 4.74 Å². The van der Waals surface area contributed by atoms with Gasteiger partial charge in [0, 0.05) is 12.0 Å². The number of nitro groups is 1. The molecule has 0 aliphatic rings. The Kier molecular flexibility index (Phi) is 5.30. The second-order valence-electron chi connectivity index (χ2n) is 5.93. The molecule has 2 N–H and O–H groups in total. The first-order valence-corrected chi connectivity index (χ1v) is 8.09. The van der Waals surface area contributed by atoms with Crippen molar-refractivity contribution in [3.8, 4) is 5.75 Å². The number of rotatable bonds is 6. The lowest BCUT2D eigenvalue weighted by molar-refractivity contribution is -0.385. The molecule has 1 unspecified atom stereocenters. The molecule has 0 aromatic heterocycles. The summed E-state index contributed by atoms with van der Waals surface area (Å²) in [5, 5.41) is 16.0. The summed E-state index contributed by atoms with van der Waals surface area (Å²) >= 11 is 0. The average Bonchev–Trinajstić information content (AvgIpc) is 2.32. The van der Waals surface area contributed by atoms with E-state index in [9.17, 15) is 18.5 Å². The predicted octanol–water partition coefficient (Wildman–Crippen LogP) is 1.92. The molecule has 1 aromatic rings. The first-order valence-electron chi connectivity index (χ1n) is 6.37. The minimum atomic E-state index is -3.65. The highest BCUT2D eigenvalue weighted by Gasteiger charge is 2.29. The molecule has 1 rings (SSSR count). The number of nitro benzene ring substituents is 1. The van der Waals surface area contributed by atoms with Crippen molar-refractivity contribution in [1.82, 2.24) is 0 Å². The largest absolute Gasteiger partial charge is 0.486 e. The van der Waals surface area contributed by atoms with Crippen LogP contribution < -0.4 is 9.88 Å². The zero-order valence-electron chi connectivity index (χ0n) is 12.3. The van der Waals surface area contributed by atoms with E-state index >= 15 is 0 Å². The van der Waals surface area contributed by atoms with E-state index in [1.165, 1.54) is 18.2 Å². The fraction of sp³-hybridized carbons (Fsp3) is 0.538. The zero-order chi connectivity index (χ0) is 16.3. The summed E-state index contributed by atoms with van der Waals surface area (Å²) < 4.78 is 28.0. The Hall–Kier alpha value is -1.67. The molecule has 0 heterocycles. The second-order valence-corrected chi connectivity index (χ2v) is 7.59. The lowest BCUT2D eigenvalue weighted by Gasteiger charge is -2.29. The Bertz CT molecular complexity index is 607. The van der Waals surface area contributed by atoms with Crippen LogP contribution in [0.4, 0.5) is 5.69 Å². The van der Waals surface area contributed by atoms with Gasteiger partial charge in [0.1, 0.15) is 0 Å². The number of primary sulfonamides is 1. The van der Waals surface area contributed by atoms with E-state index in [-0.39, 0.29) is 35.1 Å². The van der Waals surface area contributed by atoms with Gasteiger partial charge >= 0.3 is 5.69 Å². The minimum absolute atomic E-state index is 0.0325. The van der Waals surface area contributed by atoms with Crippen LogP contribution in [0.5, 0.6) is 5.75 Å². The van der Waals surface area contributed by atoms with Gasteiger partial charge in [-0.2, -0.15) is 0 Å². The maximum Gasteiger partial charge on any atom is 0.310 e. The van der Waals surface area contributed by atoms with Gasteiger partial charge in [-0.25, -0.2) is 13.6 Å². The number of nitrogens with zero attached hydrogens (tertiary/aromatic N) is 1. The fourth-order valence-electron chi connectivity index (χ4n) is 1.75. The highest BCUT2D eigenvalue weighted by molar-refractivity contribution is 7.89. The molecule has 0 amide bonds. The van der Waals surface area contributed by atoms with Gasteiger partial charge in [0.05, 0.1) is 17.3 Å². The maximum atomic E-state index is 11.3. The third kappa shape index (κ3) is 5.68. The first-order chi connectivity index (χ1) is 9.50. The number of ether oxygens (including phenoxy) is 1. The molecular formula is C13H20N2O5S. The normalized spacial score (nSPS) is 13.7. The lowest BCUT2D eigenvalue weighted by atomic mass is 9.82. The van der Waals surface area contributed by atoms with Gasteiger partial charge in [-0.05, 0) is 11.5 Å².